The van der Waals surface area contributed by atoms with Gasteiger partial charge in [0.1, 0.15) is 17.6 Å². The van der Waals surface area contributed by atoms with Crippen molar-refractivity contribution in [1.82, 2.24) is 14.4 Å². The maximum Gasteiger partial charge on any atom is 0.295 e. The molecule has 1 atom stereocenters. The first-order valence-corrected chi connectivity index (χ1v) is 9.41. The number of carbonyl (C=O) groups is 2. The molecule has 7 heteroatoms. The monoisotopic (exact) mass is 393 g/mol. The summed E-state index contributed by atoms with van der Waals surface area (Å²) in [5.41, 5.74) is 1.50. The molecule has 1 aliphatic heterocycles. The van der Waals surface area contributed by atoms with Crippen molar-refractivity contribution in [2.75, 3.05) is 27.2 Å². The average Bonchev–Trinajstić information content (AvgIpc) is 3.39. The van der Waals surface area contributed by atoms with Crippen LogP contribution in [0.15, 0.2) is 58.8 Å². The van der Waals surface area contributed by atoms with Gasteiger partial charge in [0, 0.05) is 42.8 Å². The van der Waals surface area contributed by atoms with E-state index >= 15 is 0 Å². The van der Waals surface area contributed by atoms with Gasteiger partial charge in [-0.25, -0.2) is 0 Å². The third-order valence-corrected chi connectivity index (χ3v) is 5.29. The molecule has 1 unspecified atom stereocenters. The highest BCUT2D eigenvalue weighted by molar-refractivity contribution is 6.46. The third kappa shape index (κ3) is 3.13. The molecule has 3 heterocycles. The van der Waals surface area contributed by atoms with Crippen molar-refractivity contribution in [2.45, 2.75) is 6.04 Å². The van der Waals surface area contributed by atoms with E-state index in [0.29, 0.717) is 24.4 Å². The van der Waals surface area contributed by atoms with Gasteiger partial charge in [-0.05, 0) is 32.3 Å². The summed E-state index contributed by atoms with van der Waals surface area (Å²) in [5, 5.41) is 12.0. The van der Waals surface area contributed by atoms with Crippen LogP contribution >= 0.6 is 0 Å². The number of carbonyl (C=O) groups excluding carboxylic acids is 2. The Morgan fingerprint density at radius 1 is 1.17 bits per heavy atom. The number of amides is 1. The van der Waals surface area contributed by atoms with Crippen molar-refractivity contribution >= 4 is 28.4 Å². The van der Waals surface area contributed by atoms with Gasteiger partial charge in [-0.3, -0.25) is 9.59 Å². The number of hydrogen-bond donors (Lipinski definition) is 1. The number of hydrogen-bond acceptors (Lipinski definition) is 5. The van der Waals surface area contributed by atoms with Crippen LogP contribution in [0.2, 0.25) is 0 Å². The molecule has 1 aliphatic rings. The number of ketones is 1. The van der Waals surface area contributed by atoms with Gasteiger partial charge in [0.15, 0.2) is 0 Å². The first kappa shape index (κ1) is 19.0. The minimum Gasteiger partial charge on any atom is -0.507 e. The number of aromatic nitrogens is 1. The number of likely N-dealkylation sites (tertiary alicyclic amines) is 1. The van der Waals surface area contributed by atoms with E-state index in [1.54, 1.807) is 18.3 Å². The summed E-state index contributed by atoms with van der Waals surface area (Å²) in [6, 6.07) is 10.3. The fraction of sp³-hybridized carbons (Fsp3) is 0.273. The Morgan fingerprint density at radius 3 is 2.62 bits per heavy atom. The molecule has 1 aromatic carbocycles. The molecule has 3 aromatic rings. The Hall–Kier alpha value is -3.32. The molecule has 1 N–H and O–H groups in total. The highest BCUT2D eigenvalue weighted by atomic mass is 16.3. The standard InChI is InChI=1S/C22H23N3O4/c1-23(2)10-11-25-19(17-9-6-12-29-17)18(21(27)22(25)28)20(26)15-13-24(3)16-8-5-4-7-14(15)16/h4-9,12-13,19,26H,10-11H2,1-3H3. The van der Waals surface area contributed by atoms with E-state index in [4.69, 9.17) is 4.42 Å². The highest BCUT2D eigenvalue weighted by Gasteiger charge is 2.47. The van der Waals surface area contributed by atoms with Crippen LogP contribution in [0.3, 0.4) is 0 Å². The summed E-state index contributed by atoms with van der Waals surface area (Å²) in [4.78, 5) is 29.2. The zero-order valence-electron chi connectivity index (χ0n) is 16.6. The van der Waals surface area contributed by atoms with Gasteiger partial charge in [-0.15, -0.1) is 0 Å². The van der Waals surface area contributed by atoms with E-state index < -0.39 is 17.7 Å². The Labute approximate surface area is 168 Å². The van der Waals surface area contributed by atoms with E-state index in [9.17, 15) is 14.7 Å². The van der Waals surface area contributed by atoms with E-state index in [-0.39, 0.29) is 11.3 Å². The first-order valence-electron chi connectivity index (χ1n) is 9.41. The van der Waals surface area contributed by atoms with E-state index in [0.717, 1.165) is 10.9 Å². The molecule has 4 rings (SSSR count). The second kappa shape index (κ2) is 7.25. The molecule has 7 nitrogen and oxygen atoms in total. The summed E-state index contributed by atoms with van der Waals surface area (Å²) >= 11 is 0. The summed E-state index contributed by atoms with van der Waals surface area (Å²) in [5.74, 6) is -1.07. The van der Waals surface area contributed by atoms with Crippen LogP contribution < -0.4 is 0 Å². The lowest BCUT2D eigenvalue weighted by Gasteiger charge is -2.24. The summed E-state index contributed by atoms with van der Waals surface area (Å²) in [7, 11) is 5.67. The van der Waals surface area contributed by atoms with Gasteiger partial charge < -0.3 is 23.9 Å². The second-order valence-electron chi connectivity index (χ2n) is 7.48. The topological polar surface area (TPSA) is 78.9 Å². The molecule has 150 valence electrons. The Bertz CT molecular complexity index is 1110. The Morgan fingerprint density at radius 2 is 1.93 bits per heavy atom. The van der Waals surface area contributed by atoms with Crippen LogP contribution in [-0.4, -0.2) is 58.3 Å². The molecular weight excluding hydrogens is 370 g/mol. The summed E-state index contributed by atoms with van der Waals surface area (Å²) < 4.78 is 7.43. The molecule has 29 heavy (non-hydrogen) atoms. The SMILES string of the molecule is CN(C)CCN1C(=O)C(=O)C(=C(O)c2cn(C)c3ccccc23)C1c1ccco1. The number of aliphatic hydroxyl groups excluding tert-OH is 1. The van der Waals surface area contributed by atoms with E-state index in [1.165, 1.54) is 11.2 Å². The fourth-order valence-corrected chi connectivity index (χ4v) is 3.84. The minimum atomic E-state index is -0.760. The van der Waals surface area contributed by atoms with Crippen molar-refractivity contribution in [2.24, 2.45) is 7.05 Å². The van der Waals surface area contributed by atoms with Gasteiger partial charge in [0.05, 0.1) is 11.8 Å². The number of fused-ring (bicyclic) bond motifs is 1. The Kier molecular flexibility index (Phi) is 4.76. The maximum atomic E-state index is 13.0. The number of likely N-dealkylation sites (N-methyl/N-ethyl adjacent to an activating group) is 1. The maximum absolute atomic E-state index is 13.0. The number of para-hydroxylation sites is 1. The van der Waals surface area contributed by atoms with Gasteiger partial charge >= 0.3 is 0 Å². The molecule has 2 aromatic heterocycles. The molecule has 0 spiro atoms. The van der Waals surface area contributed by atoms with Crippen molar-refractivity contribution in [1.29, 1.82) is 0 Å². The van der Waals surface area contributed by atoms with Gasteiger partial charge in [-0.1, -0.05) is 18.2 Å². The average molecular weight is 393 g/mol. The molecule has 0 saturated carbocycles. The van der Waals surface area contributed by atoms with Gasteiger partial charge in [-0.2, -0.15) is 0 Å². The molecule has 1 saturated heterocycles. The quantitative estimate of drug-likeness (QED) is 0.410. The lowest BCUT2D eigenvalue weighted by atomic mass is 9.99. The number of Topliss-reactive ketones (excluding diaryl/α,β-unsaturated/α-hetero) is 1. The zero-order valence-corrected chi connectivity index (χ0v) is 16.6. The van der Waals surface area contributed by atoms with Crippen LogP contribution in [0.5, 0.6) is 0 Å². The van der Waals surface area contributed by atoms with Gasteiger partial charge in [0.25, 0.3) is 11.7 Å². The smallest absolute Gasteiger partial charge is 0.295 e. The van der Waals surface area contributed by atoms with Crippen LogP contribution in [0.25, 0.3) is 16.7 Å². The predicted molar refractivity (Wildman–Crippen MR) is 109 cm³/mol. The third-order valence-electron chi connectivity index (χ3n) is 5.29. The molecule has 0 radical (unpaired) electrons. The molecular formula is C22H23N3O4. The number of furan rings is 1. The van der Waals surface area contributed by atoms with Gasteiger partial charge in [0.2, 0.25) is 0 Å². The van der Waals surface area contributed by atoms with Crippen molar-refractivity contribution < 1.29 is 19.1 Å². The van der Waals surface area contributed by atoms with Crippen LogP contribution in [-0.2, 0) is 16.6 Å². The van der Waals surface area contributed by atoms with Crippen molar-refractivity contribution in [3.63, 3.8) is 0 Å². The van der Waals surface area contributed by atoms with Crippen molar-refractivity contribution in [3.05, 3.63) is 65.8 Å². The molecule has 1 amide bonds. The van der Waals surface area contributed by atoms with Crippen molar-refractivity contribution in [3.8, 4) is 0 Å². The molecule has 0 bridgehead atoms. The predicted octanol–water partition coefficient (Wildman–Crippen LogP) is 2.75. The zero-order chi connectivity index (χ0) is 20.7. The number of rotatable bonds is 5. The Balaban J connectivity index is 1.89. The lowest BCUT2D eigenvalue weighted by molar-refractivity contribution is -0.140. The van der Waals surface area contributed by atoms with E-state index in [1.807, 2.05) is 54.9 Å². The normalized spacial score (nSPS) is 19.0. The minimum absolute atomic E-state index is 0.0556. The summed E-state index contributed by atoms with van der Waals surface area (Å²) in [6.07, 6.45) is 3.27. The highest BCUT2D eigenvalue weighted by Crippen LogP contribution is 2.40. The lowest BCUT2D eigenvalue weighted by Crippen LogP contribution is -2.35. The fourth-order valence-electron chi connectivity index (χ4n) is 3.84. The molecule has 1 fully saturated rings. The second-order valence-corrected chi connectivity index (χ2v) is 7.48. The van der Waals surface area contributed by atoms with Crippen LogP contribution in [0.4, 0.5) is 0 Å². The first-order chi connectivity index (χ1) is 13.9. The number of aliphatic hydroxyl groups is 1. The van der Waals surface area contributed by atoms with Crippen LogP contribution in [0.1, 0.15) is 17.4 Å². The number of benzene rings is 1. The number of nitrogens with zero attached hydrogens (tertiary/aromatic N) is 3. The molecule has 0 aliphatic carbocycles. The van der Waals surface area contributed by atoms with Crippen LogP contribution in [0, 0.1) is 0 Å². The summed E-state index contributed by atoms with van der Waals surface area (Å²) in [6.45, 7) is 0.924. The largest absolute Gasteiger partial charge is 0.507 e. The number of aryl methyl sites for hydroxylation is 1. The van der Waals surface area contributed by atoms with E-state index in [2.05, 4.69) is 0 Å².